The first kappa shape index (κ1) is 36.2. The van der Waals surface area contributed by atoms with Crippen LogP contribution in [-0.4, -0.2) is 38.9 Å². The molecule has 0 aliphatic carbocycles. The number of hydrogen-bond donors (Lipinski definition) is 6. The van der Waals surface area contributed by atoms with Gasteiger partial charge >= 0.3 is 0 Å². The SMILES string of the molecule is C[C@H](O)CCCCC/C=C/C(=O)CCc1ccc(O)c(OCCc2ccc(O)c(Cc3ccc(C(N)N)cc3)c2-c2ccc(O)cc2)c1. The van der Waals surface area contributed by atoms with Crippen molar-refractivity contribution in [3.63, 3.8) is 0 Å². The molecule has 8 nitrogen and oxygen atoms in total. The molecule has 0 spiro atoms. The van der Waals surface area contributed by atoms with Crippen molar-refractivity contribution in [3.8, 4) is 34.1 Å². The second-order valence-electron chi connectivity index (χ2n) is 12.3. The van der Waals surface area contributed by atoms with Gasteiger partial charge in [0, 0.05) is 24.8 Å². The number of aryl methyl sites for hydroxylation is 1. The maximum atomic E-state index is 12.4. The topological polar surface area (TPSA) is 159 Å². The highest BCUT2D eigenvalue weighted by molar-refractivity contribution is 5.89. The molecule has 0 bridgehead atoms. The van der Waals surface area contributed by atoms with Crippen LogP contribution < -0.4 is 16.2 Å². The summed E-state index contributed by atoms with van der Waals surface area (Å²) in [5.41, 5.74) is 17.7. The van der Waals surface area contributed by atoms with Gasteiger partial charge in [0.2, 0.25) is 0 Å². The average molecular weight is 653 g/mol. The van der Waals surface area contributed by atoms with Crippen LogP contribution in [0.15, 0.2) is 91.0 Å². The van der Waals surface area contributed by atoms with Crippen LogP contribution in [0.4, 0.5) is 0 Å². The Kier molecular flexibility index (Phi) is 13.6. The zero-order chi connectivity index (χ0) is 34.5. The number of benzene rings is 4. The summed E-state index contributed by atoms with van der Waals surface area (Å²) in [4.78, 5) is 12.4. The third-order valence-electron chi connectivity index (χ3n) is 8.39. The van der Waals surface area contributed by atoms with Crippen molar-refractivity contribution >= 4 is 5.78 Å². The van der Waals surface area contributed by atoms with Gasteiger partial charge in [-0.15, -0.1) is 0 Å². The van der Waals surface area contributed by atoms with E-state index < -0.39 is 6.17 Å². The molecule has 4 aromatic rings. The van der Waals surface area contributed by atoms with E-state index in [4.69, 9.17) is 16.2 Å². The summed E-state index contributed by atoms with van der Waals surface area (Å²) < 4.78 is 6.06. The molecule has 0 unspecified atom stereocenters. The Balaban J connectivity index is 1.41. The first-order chi connectivity index (χ1) is 23.1. The van der Waals surface area contributed by atoms with Gasteiger partial charge in [-0.05, 0) is 102 Å². The van der Waals surface area contributed by atoms with Gasteiger partial charge in [0.15, 0.2) is 17.3 Å². The number of aliphatic hydroxyl groups is 1. The molecule has 48 heavy (non-hydrogen) atoms. The van der Waals surface area contributed by atoms with Gasteiger partial charge in [0.05, 0.1) is 18.9 Å². The van der Waals surface area contributed by atoms with Crippen molar-refractivity contribution in [1.82, 2.24) is 0 Å². The van der Waals surface area contributed by atoms with Crippen molar-refractivity contribution in [2.24, 2.45) is 11.5 Å². The van der Waals surface area contributed by atoms with E-state index in [0.717, 1.165) is 71.0 Å². The molecule has 4 aromatic carbocycles. The number of unbranched alkanes of at least 4 members (excludes halogenated alkanes) is 3. The van der Waals surface area contributed by atoms with Gasteiger partial charge < -0.3 is 36.6 Å². The Morgan fingerprint density at radius 3 is 2.25 bits per heavy atom. The van der Waals surface area contributed by atoms with Gasteiger partial charge in [-0.25, -0.2) is 0 Å². The lowest BCUT2D eigenvalue weighted by atomic mass is 9.89. The zero-order valence-electron chi connectivity index (χ0n) is 27.6. The number of ether oxygens (including phenoxy) is 1. The summed E-state index contributed by atoms with van der Waals surface area (Å²) >= 11 is 0. The zero-order valence-corrected chi connectivity index (χ0v) is 27.6. The van der Waals surface area contributed by atoms with E-state index in [9.17, 15) is 25.2 Å². The van der Waals surface area contributed by atoms with Crippen molar-refractivity contribution in [1.29, 1.82) is 0 Å². The number of allylic oxidation sites excluding steroid dienone is 2. The third kappa shape index (κ3) is 11.0. The summed E-state index contributed by atoms with van der Waals surface area (Å²) in [6.07, 6.45) is 9.23. The number of phenolic OH excluding ortho intramolecular Hbond substituents is 3. The van der Waals surface area contributed by atoms with Crippen molar-refractivity contribution in [2.75, 3.05) is 6.61 Å². The van der Waals surface area contributed by atoms with E-state index in [2.05, 4.69) is 0 Å². The minimum absolute atomic E-state index is 0.0198. The lowest BCUT2D eigenvalue weighted by Gasteiger charge is -2.18. The van der Waals surface area contributed by atoms with Gasteiger partial charge in [0.25, 0.3) is 0 Å². The van der Waals surface area contributed by atoms with Crippen LogP contribution >= 0.6 is 0 Å². The summed E-state index contributed by atoms with van der Waals surface area (Å²) in [5, 5.41) is 40.8. The monoisotopic (exact) mass is 652 g/mol. The molecule has 0 heterocycles. The molecule has 0 amide bonds. The highest BCUT2D eigenvalue weighted by atomic mass is 16.5. The molecule has 254 valence electrons. The number of nitrogens with two attached hydrogens (primary N) is 2. The van der Waals surface area contributed by atoms with Gasteiger partial charge in [-0.3, -0.25) is 4.79 Å². The van der Waals surface area contributed by atoms with Gasteiger partial charge in [0.1, 0.15) is 11.5 Å². The molecule has 4 rings (SSSR count). The van der Waals surface area contributed by atoms with Crippen LogP contribution in [0.5, 0.6) is 23.0 Å². The normalized spacial score (nSPS) is 12.1. The minimum atomic E-state index is -0.568. The number of aromatic hydroxyl groups is 3. The quantitative estimate of drug-likeness (QED) is 0.0381. The van der Waals surface area contributed by atoms with Gasteiger partial charge in [-0.1, -0.05) is 67.4 Å². The highest BCUT2D eigenvalue weighted by Gasteiger charge is 2.17. The van der Waals surface area contributed by atoms with Crippen molar-refractivity contribution in [2.45, 2.75) is 77.0 Å². The van der Waals surface area contributed by atoms with E-state index in [1.165, 1.54) is 0 Å². The number of aliphatic hydroxyl groups excluding tert-OH is 1. The number of phenols is 3. The lowest BCUT2D eigenvalue weighted by molar-refractivity contribution is -0.114. The number of hydrogen-bond acceptors (Lipinski definition) is 8. The summed E-state index contributed by atoms with van der Waals surface area (Å²) in [5.74, 6) is 0.720. The molecule has 1 atom stereocenters. The van der Waals surface area contributed by atoms with E-state index in [1.54, 1.807) is 49.4 Å². The van der Waals surface area contributed by atoms with E-state index in [0.29, 0.717) is 31.4 Å². The third-order valence-corrected chi connectivity index (χ3v) is 8.39. The molecule has 0 aliphatic rings. The fourth-order valence-electron chi connectivity index (χ4n) is 5.67. The Morgan fingerprint density at radius 1 is 0.833 bits per heavy atom. The van der Waals surface area contributed by atoms with Crippen molar-refractivity contribution < 1.29 is 30.0 Å². The van der Waals surface area contributed by atoms with E-state index in [-0.39, 0.29) is 35.7 Å². The molecule has 0 saturated heterocycles. The Morgan fingerprint density at radius 2 is 1.54 bits per heavy atom. The van der Waals surface area contributed by atoms with Crippen LogP contribution in [0.3, 0.4) is 0 Å². The Bertz CT molecular complexity index is 1650. The summed E-state index contributed by atoms with van der Waals surface area (Å²) in [6.45, 7) is 2.06. The minimum Gasteiger partial charge on any atom is -0.508 e. The summed E-state index contributed by atoms with van der Waals surface area (Å²) in [6, 6.07) is 23.2. The molecular formula is C40H48N2O6. The molecule has 0 saturated carbocycles. The molecule has 8 N–H and O–H groups in total. The van der Waals surface area contributed by atoms with Crippen LogP contribution in [0.1, 0.15) is 79.4 Å². The second-order valence-corrected chi connectivity index (χ2v) is 12.3. The molecule has 0 radical (unpaired) electrons. The first-order valence-electron chi connectivity index (χ1n) is 16.7. The number of rotatable bonds is 18. The first-order valence-corrected chi connectivity index (χ1v) is 16.7. The molecule has 0 fully saturated rings. The standard InChI is InChI=1S/C40H48N2O6/c1-27(43)7-5-3-2-4-6-8-33(44)18-11-29-12-21-37(47)38(26-29)48-24-23-31-17-22-36(46)35(39(31)30-15-19-34(45)20-16-30)25-28-9-13-32(14-10-28)40(41)42/h6,8-10,12-17,19-22,26-27,40,43,45-47H,2-5,7,11,18,23-25,41-42H2,1H3/b8-6+/t27-/m0/s1. The molecule has 8 heteroatoms. The number of ketones is 1. The Hall–Kier alpha value is -4.63. The maximum absolute atomic E-state index is 12.4. The van der Waals surface area contributed by atoms with E-state index in [1.807, 2.05) is 48.5 Å². The van der Waals surface area contributed by atoms with Crippen LogP contribution in [0.25, 0.3) is 11.1 Å². The van der Waals surface area contributed by atoms with Crippen molar-refractivity contribution in [3.05, 3.63) is 119 Å². The predicted molar refractivity (Wildman–Crippen MR) is 190 cm³/mol. The van der Waals surface area contributed by atoms with Gasteiger partial charge in [-0.2, -0.15) is 0 Å². The smallest absolute Gasteiger partial charge is 0.161 e. The number of carbonyl (C=O) groups excluding carboxylic acids is 1. The highest BCUT2D eigenvalue weighted by Crippen LogP contribution is 2.37. The second kappa shape index (κ2) is 18.1. The fraction of sp³-hybridized carbons (Fsp3) is 0.325. The molecule has 0 aliphatic heterocycles. The van der Waals surface area contributed by atoms with Crippen LogP contribution in [0, 0.1) is 0 Å². The summed E-state index contributed by atoms with van der Waals surface area (Å²) in [7, 11) is 0. The number of carbonyl (C=O) groups is 1. The lowest BCUT2D eigenvalue weighted by Crippen LogP contribution is -2.19. The van der Waals surface area contributed by atoms with Crippen LogP contribution in [0.2, 0.25) is 0 Å². The largest absolute Gasteiger partial charge is 0.508 e. The van der Waals surface area contributed by atoms with Crippen LogP contribution in [-0.2, 0) is 24.1 Å². The Labute approximate surface area is 283 Å². The average Bonchev–Trinajstić information content (AvgIpc) is 3.06. The molecule has 0 aromatic heterocycles. The molecular weight excluding hydrogens is 604 g/mol. The van der Waals surface area contributed by atoms with E-state index >= 15 is 0 Å². The fourth-order valence-corrected chi connectivity index (χ4v) is 5.67. The maximum Gasteiger partial charge on any atom is 0.161 e. The predicted octanol–water partition coefficient (Wildman–Crippen LogP) is 6.99.